The number of carbonyl (C=O) groups excluding carboxylic acids is 1. The van der Waals surface area contributed by atoms with Crippen molar-refractivity contribution in [2.45, 2.75) is 39.4 Å². The Bertz CT molecular complexity index is 1630. The lowest BCUT2D eigenvalue weighted by Crippen LogP contribution is -2.46. The number of aromatic nitrogens is 3. The van der Waals surface area contributed by atoms with E-state index in [-0.39, 0.29) is 17.8 Å². The molecule has 7 nitrogen and oxygen atoms in total. The van der Waals surface area contributed by atoms with Crippen molar-refractivity contribution in [2.75, 3.05) is 38.0 Å². The van der Waals surface area contributed by atoms with E-state index in [9.17, 15) is 18.0 Å². The van der Waals surface area contributed by atoms with Crippen LogP contribution in [-0.4, -0.2) is 63.0 Å². The minimum absolute atomic E-state index is 0.0884. The van der Waals surface area contributed by atoms with E-state index >= 15 is 0 Å². The zero-order valence-electron chi connectivity index (χ0n) is 23.7. The summed E-state index contributed by atoms with van der Waals surface area (Å²) in [7, 11) is 0. The van der Waals surface area contributed by atoms with Crippen molar-refractivity contribution >= 4 is 17.2 Å². The van der Waals surface area contributed by atoms with Crippen LogP contribution in [0.15, 0.2) is 60.9 Å². The molecule has 0 aliphatic carbocycles. The summed E-state index contributed by atoms with van der Waals surface area (Å²) in [4.78, 5) is 21.8. The van der Waals surface area contributed by atoms with Crippen LogP contribution in [0.5, 0.6) is 0 Å². The molecule has 1 saturated heterocycles. The molecule has 4 aromatic rings. The molecule has 1 aliphatic rings. The average molecular weight is 575 g/mol. The van der Waals surface area contributed by atoms with Crippen molar-refractivity contribution in [3.05, 3.63) is 94.4 Å². The molecule has 1 fully saturated rings. The monoisotopic (exact) mass is 574 g/mol. The van der Waals surface area contributed by atoms with E-state index in [2.05, 4.69) is 44.0 Å². The number of nitrogens with zero attached hydrogens (tertiary/aromatic N) is 5. The second kappa shape index (κ2) is 12.8. The number of nitrogens with one attached hydrogen (secondary N) is 1. The van der Waals surface area contributed by atoms with Crippen molar-refractivity contribution in [2.24, 2.45) is 0 Å². The number of hydrogen-bond donors (Lipinski definition) is 1. The van der Waals surface area contributed by atoms with Crippen LogP contribution in [-0.2, 0) is 12.7 Å². The van der Waals surface area contributed by atoms with Crippen LogP contribution in [0.1, 0.15) is 58.1 Å². The summed E-state index contributed by atoms with van der Waals surface area (Å²) < 4.78 is 43.8. The molecule has 0 spiro atoms. The Balaban J connectivity index is 1.30. The minimum Gasteiger partial charge on any atom is -0.322 e. The van der Waals surface area contributed by atoms with Gasteiger partial charge in [-0.3, -0.25) is 9.69 Å². The summed E-state index contributed by atoms with van der Waals surface area (Å²) in [5, 5.41) is 6.88. The molecule has 10 heteroatoms. The van der Waals surface area contributed by atoms with Gasteiger partial charge in [-0.2, -0.15) is 18.3 Å². The third-order valence-electron chi connectivity index (χ3n) is 7.46. The van der Waals surface area contributed by atoms with Crippen molar-refractivity contribution in [3.63, 3.8) is 0 Å². The van der Waals surface area contributed by atoms with Gasteiger partial charge in [0.25, 0.3) is 5.91 Å². The van der Waals surface area contributed by atoms with E-state index in [0.29, 0.717) is 22.5 Å². The minimum atomic E-state index is -4.54. The van der Waals surface area contributed by atoms with Crippen LogP contribution in [0, 0.1) is 18.8 Å². The molecule has 1 N–H and O–H groups in total. The summed E-state index contributed by atoms with van der Waals surface area (Å²) in [6.07, 6.45) is 0.972. The SMILES string of the molecule is CCCCN1CCN(Cc2ccc(NC(=O)c3ccc(C)c(C#Cc4cnc5cccnn45)c3)cc2C(F)(F)F)CC1. The normalized spacial score (nSPS) is 14.5. The van der Waals surface area contributed by atoms with Gasteiger partial charge in [0.1, 0.15) is 5.69 Å². The van der Waals surface area contributed by atoms with Crippen LogP contribution in [0.2, 0.25) is 0 Å². The Hall–Kier alpha value is -4.20. The number of piperazine rings is 1. The van der Waals surface area contributed by atoms with E-state index in [1.54, 1.807) is 41.2 Å². The third kappa shape index (κ3) is 6.98. The largest absolute Gasteiger partial charge is 0.416 e. The van der Waals surface area contributed by atoms with Crippen LogP contribution in [0.25, 0.3) is 5.65 Å². The number of carbonyl (C=O) groups is 1. The Kier molecular flexibility index (Phi) is 8.90. The molecule has 2 aromatic carbocycles. The summed E-state index contributed by atoms with van der Waals surface area (Å²) in [6, 6.07) is 12.7. The summed E-state index contributed by atoms with van der Waals surface area (Å²) in [5.74, 6) is 5.59. The first-order valence-corrected chi connectivity index (χ1v) is 14.1. The van der Waals surface area contributed by atoms with Gasteiger partial charge in [-0.1, -0.05) is 31.4 Å². The molecule has 0 bridgehead atoms. The fourth-order valence-corrected chi connectivity index (χ4v) is 5.00. The molecular weight excluding hydrogens is 541 g/mol. The van der Waals surface area contributed by atoms with Crippen molar-refractivity contribution in [1.82, 2.24) is 24.4 Å². The van der Waals surface area contributed by atoms with Gasteiger partial charge < -0.3 is 10.2 Å². The Morgan fingerprint density at radius 1 is 1.02 bits per heavy atom. The molecule has 1 aliphatic heterocycles. The number of hydrogen-bond acceptors (Lipinski definition) is 5. The van der Waals surface area contributed by atoms with Gasteiger partial charge in [0.2, 0.25) is 0 Å². The number of amides is 1. The number of alkyl halides is 3. The topological polar surface area (TPSA) is 65.8 Å². The molecule has 5 rings (SSSR count). The quantitative estimate of drug-likeness (QED) is 0.290. The first-order valence-electron chi connectivity index (χ1n) is 14.1. The summed E-state index contributed by atoms with van der Waals surface area (Å²) in [6.45, 7) is 8.43. The van der Waals surface area contributed by atoms with Crippen molar-refractivity contribution < 1.29 is 18.0 Å². The zero-order valence-corrected chi connectivity index (χ0v) is 23.7. The second-order valence-electron chi connectivity index (χ2n) is 10.5. The Morgan fingerprint density at radius 3 is 2.57 bits per heavy atom. The number of anilines is 1. The Labute approximate surface area is 243 Å². The molecule has 2 aromatic heterocycles. The molecule has 218 valence electrons. The fraction of sp³-hybridized carbons (Fsp3) is 0.344. The number of benzene rings is 2. The maximum atomic E-state index is 14.1. The molecule has 0 radical (unpaired) electrons. The van der Waals surface area contributed by atoms with Gasteiger partial charge in [-0.05, 0) is 73.3 Å². The maximum absolute atomic E-state index is 14.1. The lowest BCUT2D eigenvalue weighted by atomic mass is 10.0. The smallest absolute Gasteiger partial charge is 0.322 e. The predicted octanol–water partition coefficient (Wildman–Crippen LogP) is 5.63. The number of unbranched alkanes of at least 4 members (excludes halogenated alkanes) is 1. The van der Waals surface area contributed by atoms with E-state index in [1.165, 1.54) is 12.1 Å². The molecule has 0 unspecified atom stereocenters. The number of halogens is 3. The first kappa shape index (κ1) is 29.3. The number of imidazole rings is 1. The predicted molar refractivity (Wildman–Crippen MR) is 156 cm³/mol. The Morgan fingerprint density at radius 2 is 1.81 bits per heavy atom. The highest BCUT2D eigenvalue weighted by Crippen LogP contribution is 2.35. The molecular formula is C32H33F3N6O. The van der Waals surface area contributed by atoms with E-state index < -0.39 is 17.6 Å². The lowest BCUT2D eigenvalue weighted by Gasteiger charge is -2.35. The van der Waals surface area contributed by atoms with Gasteiger partial charge in [0.05, 0.1) is 11.8 Å². The van der Waals surface area contributed by atoms with Crippen molar-refractivity contribution in [3.8, 4) is 11.8 Å². The van der Waals surface area contributed by atoms with Crippen LogP contribution in [0.4, 0.5) is 18.9 Å². The van der Waals surface area contributed by atoms with E-state index in [1.807, 2.05) is 13.0 Å². The summed E-state index contributed by atoms with van der Waals surface area (Å²) in [5.41, 5.74) is 2.59. The second-order valence-corrected chi connectivity index (χ2v) is 10.5. The van der Waals surface area contributed by atoms with Crippen LogP contribution < -0.4 is 5.32 Å². The molecule has 0 saturated carbocycles. The van der Waals surface area contributed by atoms with E-state index in [0.717, 1.165) is 57.2 Å². The van der Waals surface area contributed by atoms with E-state index in [4.69, 9.17) is 0 Å². The highest BCUT2D eigenvalue weighted by molar-refractivity contribution is 6.04. The highest BCUT2D eigenvalue weighted by Gasteiger charge is 2.34. The third-order valence-corrected chi connectivity index (χ3v) is 7.46. The average Bonchev–Trinajstić information content (AvgIpc) is 3.39. The van der Waals surface area contributed by atoms with Crippen LogP contribution >= 0.6 is 0 Å². The molecule has 0 atom stereocenters. The zero-order chi connectivity index (χ0) is 29.7. The van der Waals surface area contributed by atoms with Gasteiger partial charge in [-0.15, -0.1) is 0 Å². The molecule has 3 heterocycles. The molecule has 42 heavy (non-hydrogen) atoms. The van der Waals surface area contributed by atoms with Gasteiger partial charge >= 0.3 is 6.18 Å². The number of aryl methyl sites for hydroxylation is 1. The highest BCUT2D eigenvalue weighted by atomic mass is 19.4. The van der Waals surface area contributed by atoms with Gasteiger partial charge in [0, 0.05) is 55.7 Å². The van der Waals surface area contributed by atoms with Crippen LogP contribution in [0.3, 0.4) is 0 Å². The summed E-state index contributed by atoms with van der Waals surface area (Å²) >= 11 is 0. The standard InChI is InChI=1S/C32H33F3N6O/c1-3-4-14-39-15-17-40(18-16-39)22-26-9-11-27(20-29(26)32(33,34)35)38-31(42)25-8-7-23(2)24(19-25)10-12-28-21-36-30-6-5-13-37-41(28)30/h5-9,11,13,19-21H,3-4,14-18,22H2,1-2H3,(H,38,42). The molecule has 1 amide bonds. The van der Waals surface area contributed by atoms with Gasteiger partial charge in [0.15, 0.2) is 5.65 Å². The fourth-order valence-electron chi connectivity index (χ4n) is 5.00. The number of fused-ring (bicyclic) bond motifs is 1. The first-order chi connectivity index (χ1) is 20.2. The number of rotatable bonds is 7. The lowest BCUT2D eigenvalue weighted by molar-refractivity contribution is -0.138. The van der Waals surface area contributed by atoms with Gasteiger partial charge in [-0.25, -0.2) is 9.50 Å². The van der Waals surface area contributed by atoms with Crippen molar-refractivity contribution in [1.29, 1.82) is 0 Å². The maximum Gasteiger partial charge on any atom is 0.416 e.